The van der Waals surface area contributed by atoms with E-state index in [-0.39, 0.29) is 24.4 Å². The van der Waals surface area contributed by atoms with Crippen LogP contribution in [0.4, 0.5) is 0 Å². The molecule has 0 amide bonds. The maximum Gasteiger partial charge on any atom is 0.331 e. The van der Waals surface area contributed by atoms with Gasteiger partial charge in [0, 0.05) is 6.16 Å². The summed E-state index contributed by atoms with van der Waals surface area (Å²) < 4.78 is 21.9. The molecule has 0 aliphatic carbocycles. The largest absolute Gasteiger partial charge is 0.395 e. The van der Waals surface area contributed by atoms with E-state index in [1.54, 1.807) is 13.8 Å². The molecule has 0 aliphatic rings. The Kier molecular flexibility index (Phi) is 8.80. The molecular formula is C8H19O5PS. The predicted molar refractivity (Wildman–Crippen MR) is 61.3 cm³/mol. The van der Waals surface area contributed by atoms with Crippen molar-refractivity contribution in [3.63, 3.8) is 0 Å². The van der Waals surface area contributed by atoms with Gasteiger partial charge in [0.15, 0.2) is 0 Å². The van der Waals surface area contributed by atoms with Crippen molar-refractivity contribution in [2.45, 2.75) is 19.1 Å². The van der Waals surface area contributed by atoms with Gasteiger partial charge in [0.2, 0.25) is 0 Å². The normalized spacial score (nSPS) is 15.5. The number of hydrogen-bond donors (Lipinski definition) is 2. The summed E-state index contributed by atoms with van der Waals surface area (Å²) in [6.07, 6.45) is 0.324. The first-order valence-electron chi connectivity index (χ1n) is 4.83. The van der Waals surface area contributed by atoms with Gasteiger partial charge in [-0.3, -0.25) is 9.09 Å². The van der Waals surface area contributed by atoms with Crippen LogP contribution >= 0.6 is 19.4 Å². The second-order valence-electron chi connectivity index (χ2n) is 2.75. The van der Waals surface area contributed by atoms with Crippen molar-refractivity contribution in [2.75, 3.05) is 31.9 Å². The topological polar surface area (TPSA) is 76.0 Å². The summed E-state index contributed by atoms with van der Waals surface area (Å²) in [5.41, 5.74) is 0. The van der Waals surface area contributed by atoms with Gasteiger partial charge in [-0.05, 0) is 6.92 Å². The highest BCUT2D eigenvalue weighted by Crippen LogP contribution is 2.48. The van der Waals surface area contributed by atoms with E-state index in [1.807, 2.05) is 0 Å². The van der Waals surface area contributed by atoms with E-state index in [2.05, 4.69) is 0 Å². The molecule has 0 rings (SSSR count). The van der Waals surface area contributed by atoms with Crippen LogP contribution < -0.4 is 0 Å². The van der Waals surface area contributed by atoms with Gasteiger partial charge >= 0.3 is 7.60 Å². The summed E-state index contributed by atoms with van der Waals surface area (Å²) in [7, 11) is -2.96. The Balaban J connectivity index is 3.85. The van der Waals surface area contributed by atoms with Crippen LogP contribution in [0.5, 0.6) is 0 Å². The van der Waals surface area contributed by atoms with Crippen LogP contribution in [-0.2, 0) is 13.6 Å². The molecule has 15 heavy (non-hydrogen) atoms. The lowest BCUT2D eigenvalue weighted by Crippen LogP contribution is -2.14. The Bertz CT molecular complexity index is 197. The minimum Gasteiger partial charge on any atom is -0.395 e. The van der Waals surface area contributed by atoms with Crippen LogP contribution in [0.25, 0.3) is 0 Å². The van der Waals surface area contributed by atoms with Crippen molar-refractivity contribution in [2.24, 2.45) is 0 Å². The quantitative estimate of drug-likeness (QED) is 0.479. The van der Waals surface area contributed by atoms with E-state index < -0.39 is 7.60 Å². The number of rotatable bonds is 9. The molecule has 5 nitrogen and oxygen atoms in total. The van der Waals surface area contributed by atoms with E-state index >= 15 is 0 Å². The van der Waals surface area contributed by atoms with Gasteiger partial charge in [-0.2, -0.15) is 0 Å². The van der Waals surface area contributed by atoms with Crippen molar-refractivity contribution in [3.05, 3.63) is 0 Å². The molecule has 0 spiro atoms. The van der Waals surface area contributed by atoms with E-state index in [1.165, 1.54) is 11.8 Å². The molecule has 92 valence electrons. The average molecular weight is 258 g/mol. The average Bonchev–Trinajstić information content (AvgIpc) is 2.25. The van der Waals surface area contributed by atoms with Crippen molar-refractivity contribution in [1.29, 1.82) is 0 Å². The summed E-state index contributed by atoms with van der Waals surface area (Å²) in [5.74, 6) is 0.150. The lowest BCUT2D eigenvalue weighted by molar-refractivity contribution is 0.223. The lowest BCUT2D eigenvalue weighted by atomic mass is 10.5. The molecule has 0 fully saturated rings. The second kappa shape index (κ2) is 8.56. The molecule has 7 heteroatoms. The molecule has 0 aliphatic heterocycles. The predicted octanol–water partition coefficient (Wildman–Crippen LogP) is 1.30. The Hall–Kier alpha value is 0.420. The minimum absolute atomic E-state index is 0.129. The van der Waals surface area contributed by atoms with Crippen LogP contribution in [0.2, 0.25) is 0 Å². The van der Waals surface area contributed by atoms with Crippen LogP contribution in [0.1, 0.15) is 13.8 Å². The maximum atomic E-state index is 11.8. The van der Waals surface area contributed by atoms with Gasteiger partial charge in [0.1, 0.15) is 5.94 Å². The molecule has 1 atom stereocenters. The van der Waals surface area contributed by atoms with E-state index in [0.717, 1.165) is 0 Å². The summed E-state index contributed by atoms with van der Waals surface area (Å²) in [5, 5.41) is 17.3. The summed E-state index contributed by atoms with van der Waals surface area (Å²) in [6, 6.07) is 0. The molecule has 0 saturated carbocycles. The molecular weight excluding hydrogens is 239 g/mol. The zero-order chi connectivity index (χ0) is 11.7. The first kappa shape index (κ1) is 15.4. The SMILES string of the molecule is CCOP(=O)(CC)OCSC(CO)CO. The van der Waals surface area contributed by atoms with Gasteiger partial charge in [-0.1, -0.05) is 6.92 Å². The third kappa shape index (κ3) is 6.56. The Morgan fingerprint density at radius 3 is 2.27 bits per heavy atom. The number of aliphatic hydroxyl groups excluding tert-OH is 2. The molecule has 0 aromatic heterocycles. The Morgan fingerprint density at radius 2 is 1.87 bits per heavy atom. The van der Waals surface area contributed by atoms with Gasteiger partial charge < -0.3 is 14.7 Å². The first-order valence-corrected chi connectivity index (χ1v) is 7.61. The maximum absolute atomic E-state index is 11.8. The zero-order valence-electron chi connectivity index (χ0n) is 9.09. The highest BCUT2D eigenvalue weighted by molar-refractivity contribution is 7.99. The fourth-order valence-corrected chi connectivity index (χ4v) is 2.91. The number of thioether (sulfide) groups is 1. The van der Waals surface area contributed by atoms with Crippen LogP contribution in [-0.4, -0.2) is 47.4 Å². The number of aliphatic hydroxyl groups is 2. The van der Waals surface area contributed by atoms with Crippen LogP contribution in [0.15, 0.2) is 0 Å². The fourth-order valence-electron chi connectivity index (χ4n) is 0.787. The van der Waals surface area contributed by atoms with Gasteiger partial charge in [0.25, 0.3) is 0 Å². The smallest absolute Gasteiger partial charge is 0.331 e. The van der Waals surface area contributed by atoms with Crippen LogP contribution in [0.3, 0.4) is 0 Å². The van der Waals surface area contributed by atoms with Crippen molar-refractivity contribution < 1.29 is 23.8 Å². The van der Waals surface area contributed by atoms with Crippen molar-refractivity contribution in [1.82, 2.24) is 0 Å². The standard InChI is InChI=1S/C8H19O5PS/c1-3-12-14(11,4-2)13-7-15-8(5-9)6-10/h8-10H,3-7H2,1-2H3. The van der Waals surface area contributed by atoms with Gasteiger partial charge in [-0.25, -0.2) is 0 Å². The summed E-state index contributed by atoms with van der Waals surface area (Å²) in [4.78, 5) is 0. The minimum atomic E-state index is -2.96. The summed E-state index contributed by atoms with van der Waals surface area (Å²) in [6.45, 7) is 3.57. The third-order valence-electron chi connectivity index (χ3n) is 1.67. The molecule has 0 aromatic carbocycles. The highest BCUT2D eigenvalue weighted by Gasteiger charge is 2.21. The molecule has 0 saturated heterocycles. The molecule has 2 N–H and O–H groups in total. The second-order valence-corrected chi connectivity index (χ2v) is 6.35. The van der Waals surface area contributed by atoms with Crippen molar-refractivity contribution in [3.8, 4) is 0 Å². The van der Waals surface area contributed by atoms with E-state index in [9.17, 15) is 4.57 Å². The molecule has 0 heterocycles. The van der Waals surface area contributed by atoms with Gasteiger partial charge in [0.05, 0.1) is 25.1 Å². The fraction of sp³-hybridized carbons (Fsp3) is 1.00. The lowest BCUT2D eigenvalue weighted by Gasteiger charge is -2.17. The third-order valence-corrected chi connectivity index (χ3v) is 4.82. The van der Waals surface area contributed by atoms with E-state index in [4.69, 9.17) is 19.3 Å². The number of hydrogen-bond acceptors (Lipinski definition) is 6. The van der Waals surface area contributed by atoms with Crippen molar-refractivity contribution >= 4 is 19.4 Å². The zero-order valence-corrected chi connectivity index (χ0v) is 10.8. The first-order chi connectivity index (χ1) is 7.11. The van der Waals surface area contributed by atoms with E-state index in [0.29, 0.717) is 12.8 Å². The monoisotopic (exact) mass is 258 g/mol. The Labute approximate surface area is 94.7 Å². The van der Waals surface area contributed by atoms with Crippen LogP contribution in [0, 0.1) is 0 Å². The van der Waals surface area contributed by atoms with Gasteiger partial charge in [-0.15, -0.1) is 11.8 Å². The molecule has 0 radical (unpaired) electrons. The molecule has 1 unspecified atom stereocenters. The molecule has 0 aromatic rings. The highest BCUT2D eigenvalue weighted by atomic mass is 32.2. The Morgan fingerprint density at radius 1 is 1.27 bits per heavy atom. The summed E-state index contributed by atoms with van der Waals surface area (Å²) >= 11 is 1.22. The molecule has 0 bridgehead atoms.